The van der Waals surface area contributed by atoms with Gasteiger partial charge in [-0.2, -0.15) is 0 Å². The molecule has 0 spiro atoms. The van der Waals surface area contributed by atoms with Gasteiger partial charge in [0.25, 0.3) is 0 Å². The van der Waals surface area contributed by atoms with Crippen molar-refractivity contribution in [1.82, 2.24) is 0 Å². The summed E-state index contributed by atoms with van der Waals surface area (Å²) in [6, 6.07) is 10.5. The topological polar surface area (TPSA) is 17.1 Å². The minimum atomic E-state index is 0.0974. The molecule has 3 aliphatic rings. The average molecular weight is 210 g/mol. The van der Waals surface area contributed by atoms with Crippen LogP contribution in [0.15, 0.2) is 54.6 Å². The molecule has 0 amide bonds. The molecule has 1 aromatic rings. The first kappa shape index (κ1) is 9.59. The van der Waals surface area contributed by atoms with E-state index < -0.39 is 0 Å². The molecule has 1 heteroatoms. The van der Waals surface area contributed by atoms with Crippen molar-refractivity contribution in [2.75, 3.05) is 0 Å². The van der Waals surface area contributed by atoms with Crippen molar-refractivity contribution >= 4 is 5.78 Å². The summed E-state index contributed by atoms with van der Waals surface area (Å²) in [6.07, 6.45) is 9.04. The van der Waals surface area contributed by atoms with Crippen LogP contribution >= 0.6 is 0 Å². The molecule has 0 aliphatic heterocycles. The normalized spacial score (nSPS) is 31.8. The zero-order valence-electron chi connectivity index (χ0n) is 9.04. The minimum Gasteiger partial charge on any atom is -0.294 e. The van der Waals surface area contributed by atoms with E-state index in [2.05, 4.69) is 42.5 Å². The Hall–Kier alpha value is -1.63. The van der Waals surface area contributed by atoms with Crippen LogP contribution in [0.25, 0.3) is 0 Å². The van der Waals surface area contributed by atoms with Crippen molar-refractivity contribution in [2.24, 2.45) is 11.8 Å². The molecular weight excluding hydrogens is 196 g/mol. The number of carbonyl (C=O) groups excluding carboxylic acids is 1. The first-order chi connectivity index (χ1) is 7.84. The van der Waals surface area contributed by atoms with Gasteiger partial charge in [-0.1, -0.05) is 48.6 Å². The van der Waals surface area contributed by atoms with Crippen LogP contribution in [-0.2, 0) is 4.79 Å². The molecule has 0 aromatic heterocycles. The van der Waals surface area contributed by atoms with Gasteiger partial charge in [-0.3, -0.25) is 4.79 Å². The highest BCUT2D eigenvalue weighted by molar-refractivity contribution is 5.94. The highest BCUT2D eigenvalue weighted by Gasteiger charge is 2.31. The lowest BCUT2D eigenvalue weighted by Crippen LogP contribution is -2.18. The van der Waals surface area contributed by atoms with Crippen molar-refractivity contribution in [3.8, 4) is 0 Å². The fourth-order valence-corrected chi connectivity index (χ4v) is 2.70. The molecular formula is C15H14O. The molecule has 3 aliphatic carbocycles. The van der Waals surface area contributed by atoms with Gasteiger partial charge < -0.3 is 0 Å². The summed E-state index contributed by atoms with van der Waals surface area (Å²) in [5.74, 6) is 1.22. The number of hydrogen-bond acceptors (Lipinski definition) is 1. The maximum Gasteiger partial charge on any atom is 0.162 e. The molecule has 3 atom stereocenters. The molecule has 0 fully saturated rings. The first-order valence-electron chi connectivity index (χ1n) is 5.80. The molecule has 0 radical (unpaired) electrons. The molecule has 16 heavy (non-hydrogen) atoms. The highest BCUT2D eigenvalue weighted by Crippen LogP contribution is 2.39. The first-order valence-corrected chi connectivity index (χ1v) is 5.80. The van der Waals surface area contributed by atoms with Crippen molar-refractivity contribution in [3.05, 3.63) is 60.2 Å². The van der Waals surface area contributed by atoms with Gasteiger partial charge in [0.2, 0.25) is 0 Å². The van der Waals surface area contributed by atoms with Crippen LogP contribution in [0.5, 0.6) is 0 Å². The van der Waals surface area contributed by atoms with E-state index in [0.29, 0.717) is 11.8 Å². The number of ketones is 1. The predicted molar refractivity (Wildman–Crippen MR) is 64.1 cm³/mol. The third kappa shape index (κ3) is 1.53. The summed E-state index contributed by atoms with van der Waals surface area (Å²) in [4.78, 5) is 11.7. The zero-order chi connectivity index (χ0) is 11.0. The zero-order valence-corrected chi connectivity index (χ0v) is 9.04. The van der Waals surface area contributed by atoms with Crippen LogP contribution in [0.2, 0.25) is 0 Å². The van der Waals surface area contributed by atoms with E-state index >= 15 is 0 Å². The Kier molecular flexibility index (Phi) is 2.24. The Morgan fingerprint density at radius 1 is 1.00 bits per heavy atom. The van der Waals surface area contributed by atoms with E-state index in [9.17, 15) is 4.79 Å². The van der Waals surface area contributed by atoms with Gasteiger partial charge in [0, 0.05) is 11.8 Å². The van der Waals surface area contributed by atoms with E-state index in [1.807, 2.05) is 6.07 Å². The second kappa shape index (κ2) is 3.75. The lowest BCUT2D eigenvalue weighted by Gasteiger charge is -2.27. The Labute approximate surface area is 95.5 Å². The van der Waals surface area contributed by atoms with Gasteiger partial charge in [0.15, 0.2) is 5.78 Å². The summed E-state index contributed by atoms with van der Waals surface area (Å²) in [7, 11) is 0. The van der Waals surface area contributed by atoms with Crippen molar-refractivity contribution in [3.63, 3.8) is 0 Å². The molecule has 2 bridgehead atoms. The van der Waals surface area contributed by atoms with E-state index in [-0.39, 0.29) is 11.7 Å². The Morgan fingerprint density at radius 3 is 2.62 bits per heavy atom. The third-order valence-electron chi connectivity index (χ3n) is 3.61. The SMILES string of the molecule is O=C1C=C[C@H]2C=C[C@@H]1C[C@@H]2c1ccccc1. The minimum absolute atomic E-state index is 0.0974. The van der Waals surface area contributed by atoms with Gasteiger partial charge in [0.1, 0.15) is 0 Å². The number of allylic oxidation sites excluding steroid dienone is 4. The number of benzene rings is 1. The quantitative estimate of drug-likeness (QED) is 0.651. The van der Waals surface area contributed by atoms with Gasteiger partial charge in [-0.25, -0.2) is 0 Å². The van der Waals surface area contributed by atoms with Crippen LogP contribution in [0.1, 0.15) is 17.9 Å². The van der Waals surface area contributed by atoms with E-state index in [1.54, 1.807) is 6.08 Å². The Morgan fingerprint density at radius 2 is 1.81 bits per heavy atom. The molecule has 0 saturated heterocycles. The molecule has 0 N–H and O–H groups in total. The summed E-state index contributed by atoms with van der Waals surface area (Å²) in [5, 5.41) is 0. The fourth-order valence-electron chi connectivity index (χ4n) is 2.70. The summed E-state index contributed by atoms with van der Waals surface area (Å²) < 4.78 is 0. The summed E-state index contributed by atoms with van der Waals surface area (Å²) in [5.41, 5.74) is 1.35. The molecule has 0 heterocycles. The summed E-state index contributed by atoms with van der Waals surface area (Å²) >= 11 is 0. The molecule has 4 rings (SSSR count). The van der Waals surface area contributed by atoms with Crippen molar-refractivity contribution < 1.29 is 4.79 Å². The van der Waals surface area contributed by atoms with Crippen LogP contribution in [-0.4, -0.2) is 5.78 Å². The monoisotopic (exact) mass is 210 g/mol. The number of carbonyl (C=O) groups is 1. The maximum absolute atomic E-state index is 11.7. The lowest BCUT2D eigenvalue weighted by molar-refractivity contribution is -0.117. The van der Waals surface area contributed by atoms with Gasteiger partial charge in [-0.05, 0) is 24.0 Å². The Bertz CT molecular complexity index is 456. The van der Waals surface area contributed by atoms with Crippen molar-refractivity contribution in [2.45, 2.75) is 12.3 Å². The standard InChI is InChI=1S/C15H14O/c16-15-9-8-12-6-7-13(15)10-14(12)11-4-2-1-3-5-11/h1-9,12-14H,10H2/t12-,13-,14-/m1/s1. The van der Waals surface area contributed by atoms with Crippen LogP contribution < -0.4 is 0 Å². The molecule has 0 unspecified atom stereocenters. The van der Waals surface area contributed by atoms with E-state index in [0.717, 1.165) is 6.42 Å². The van der Waals surface area contributed by atoms with Crippen LogP contribution in [0.3, 0.4) is 0 Å². The molecule has 0 saturated carbocycles. The van der Waals surface area contributed by atoms with E-state index in [1.165, 1.54) is 5.56 Å². The smallest absolute Gasteiger partial charge is 0.162 e. The number of hydrogen-bond donors (Lipinski definition) is 0. The maximum atomic E-state index is 11.7. The average Bonchev–Trinajstić information content (AvgIpc) is 2.62. The third-order valence-corrected chi connectivity index (χ3v) is 3.61. The van der Waals surface area contributed by atoms with Crippen LogP contribution in [0, 0.1) is 11.8 Å². The number of fused-ring (bicyclic) bond motifs is 2. The van der Waals surface area contributed by atoms with Gasteiger partial charge in [0.05, 0.1) is 0 Å². The van der Waals surface area contributed by atoms with Gasteiger partial charge in [-0.15, -0.1) is 0 Å². The molecule has 1 aromatic carbocycles. The lowest BCUT2D eigenvalue weighted by atomic mass is 9.76. The second-order valence-electron chi connectivity index (χ2n) is 4.58. The molecule has 1 nitrogen and oxygen atoms in total. The summed E-state index contributed by atoms with van der Waals surface area (Å²) in [6.45, 7) is 0. The second-order valence-corrected chi connectivity index (χ2v) is 4.58. The highest BCUT2D eigenvalue weighted by atomic mass is 16.1. The van der Waals surface area contributed by atoms with Gasteiger partial charge >= 0.3 is 0 Å². The predicted octanol–water partition coefficient (Wildman–Crippen LogP) is 3.10. The Balaban J connectivity index is 1.98. The molecule has 80 valence electrons. The van der Waals surface area contributed by atoms with Crippen molar-refractivity contribution in [1.29, 1.82) is 0 Å². The fraction of sp³-hybridized carbons (Fsp3) is 0.267. The van der Waals surface area contributed by atoms with Crippen LogP contribution in [0.4, 0.5) is 0 Å². The largest absolute Gasteiger partial charge is 0.294 e. The van der Waals surface area contributed by atoms with E-state index in [4.69, 9.17) is 0 Å². The number of rotatable bonds is 1.